The lowest BCUT2D eigenvalue weighted by atomic mass is 10.1. The summed E-state index contributed by atoms with van der Waals surface area (Å²) in [5, 5.41) is 9.23. The van der Waals surface area contributed by atoms with Crippen molar-refractivity contribution >= 4 is 35.4 Å². The van der Waals surface area contributed by atoms with E-state index in [0.29, 0.717) is 0 Å². The Kier molecular flexibility index (Phi) is 3.43. The maximum atomic E-state index is 11.4. The van der Waals surface area contributed by atoms with Crippen LogP contribution in [-0.2, 0) is 0 Å². The Labute approximate surface area is 129 Å². The molecule has 0 saturated carbocycles. The number of amides is 1. The summed E-state index contributed by atoms with van der Waals surface area (Å²) in [4.78, 5) is 26.6. The van der Waals surface area contributed by atoms with Gasteiger partial charge in [0.05, 0.1) is 11.1 Å². The smallest absolute Gasteiger partial charge is 0.336 e. The van der Waals surface area contributed by atoms with Crippen LogP contribution in [0.1, 0.15) is 26.3 Å². The molecule has 6 heteroatoms. The predicted molar refractivity (Wildman–Crippen MR) is 81.3 cm³/mol. The Balaban J connectivity index is 2.14. The second-order valence-electron chi connectivity index (χ2n) is 4.67. The second kappa shape index (κ2) is 5.13. The Morgan fingerprint density at radius 1 is 0.952 bits per heavy atom. The summed E-state index contributed by atoms with van der Waals surface area (Å²) >= 11 is 3.03. The minimum atomic E-state index is -1.15. The van der Waals surface area contributed by atoms with E-state index in [9.17, 15) is 14.7 Å². The summed E-state index contributed by atoms with van der Waals surface area (Å²) in [6.07, 6.45) is 0. The fourth-order valence-electron chi connectivity index (χ4n) is 2.12. The molecule has 0 saturated heterocycles. The lowest BCUT2D eigenvalue weighted by Gasteiger charge is -2.20. The molecule has 2 aromatic rings. The first-order chi connectivity index (χ1) is 9.95. The average Bonchev–Trinajstić information content (AvgIpc) is 2.43. The first kappa shape index (κ1) is 14.0. The van der Waals surface area contributed by atoms with Gasteiger partial charge in [0, 0.05) is 19.6 Å². The molecule has 0 spiro atoms. The number of hydrogen-bond acceptors (Lipinski definition) is 4. The molecule has 0 bridgehead atoms. The van der Waals surface area contributed by atoms with E-state index >= 15 is 0 Å². The molecule has 2 aromatic carbocycles. The fourth-order valence-corrected chi connectivity index (χ4v) is 4.47. The second-order valence-corrected chi connectivity index (χ2v) is 6.84. The molecular weight excluding hydrogens is 306 g/mol. The zero-order valence-corrected chi connectivity index (χ0v) is 12.7. The number of fused-ring (bicyclic) bond motifs is 2. The minimum Gasteiger partial charge on any atom is -0.478 e. The van der Waals surface area contributed by atoms with Crippen LogP contribution in [0.5, 0.6) is 0 Å². The third kappa shape index (κ3) is 2.52. The third-order valence-electron chi connectivity index (χ3n) is 3.12. The van der Waals surface area contributed by atoms with E-state index in [0.717, 1.165) is 25.1 Å². The van der Waals surface area contributed by atoms with Crippen molar-refractivity contribution in [3.05, 3.63) is 47.0 Å². The molecule has 1 heterocycles. The maximum Gasteiger partial charge on any atom is 0.336 e. The first-order valence-corrected chi connectivity index (χ1v) is 7.76. The van der Waals surface area contributed by atoms with Crippen LogP contribution >= 0.6 is 23.5 Å². The van der Waals surface area contributed by atoms with Gasteiger partial charge in [0.1, 0.15) is 0 Å². The van der Waals surface area contributed by atoms with Crippen molar-refractivity contribution < 1.29 is 14.7 Å². The van der Waals surface area contributed by atoms with Gasteiger partial charge in [0.2, 0.25) is 5.91 Å². The maximum absolute atomic E-state index is 11.4. The summed E-state index contributed by atoms with van der Waals surface area (Å²) in [7, 11) is 0. The van der Waals surface area contributed by atoms with Crippen LogP contribution in [0, 0.1) is 6.92 Å². The molecular formula is C15H11NO3S2. The fraction of sp³-hybridized carbons (Fsp3) is 0.0667. The van der Waals surface area contributed by atoms with Crippen LogP contribution < -0.4 is 5.73 Å². The number of hydrogen-bond donors (Lipinski definition) is 2. The Bertz CT molecular complexity index is 787. The van der Waals surface area contributed by atoms with E-state index in [1.54, 1.807) is 6.07 Å². The molecule has 0 atom stereocenters. The first-order valence-electron chi connectivity index (χ1n) is 6.13. The summed E-state index contributed by atoms with van der Waals surface area (Å²) in [6, 6.07) is 9.22. The molecule has 1 aliphatic heterocycles. The van der Waals surface area contributed by atoms with Gasteiger partial charge in [0.25, 0.3) is 0 Å². The molecule has 0 fully saturated rings. The van der Waals surface area contributed by atoms with Crippen LogP contribution in [0.15, 0.2) is 49.9 Å². The highest BCUT2D eigenvalue weighted by molar-refractivity contribution is 8.05. The van der Waals surface area contributed by atoms with Crippen molar-refractivity contribution in [3.63, 3.8) is 0 Å². The largest absolute Gasteiger partial charge is 0.478 e. The number of carbonyl (C=O) groups is 2. The summed E-state index contributed by atoms with van der Waals surface area (Å²) in [5.41, 5.74) is 6.43. The van der Waals surface area contributed by atoms with Crippen LogP contribution in [0.4, 0.5) is 0 Å². The monoisotopic (exact) mass is 317 g/mol. The zero-order valence-electron chi connectivity index (χ0n) is 11.0. The molecule has 3 N–H and O–H groups in total. The van der Waals surface area contributed by atoms with Crippen LogP contribution in [0.25, 0.3) is 0 Å². The van der Waals surface area contributed by atoms with Gasteiger partial charge in [-0.25, -0.2) is 4.79 Å². The van der Waals surface area contributed by atoms with E-state index in [2.05, 4.69) is 6.07 Å². The van der Waals surface area contributed by atoms with Gasteiger partial charge in [-0.2, -0.15) is 0 Å². The van der Waals surface area contributed by atoms with Gasteiger partial charge < -0.3 is 10.8 Å². The molecule has 106 valence electrons. The molecule has 1 aliphatic rings. The van der Waals surface area contributed by atoms with Gasteiger partial charge in [-0.05, 0) is 36.8 Å². The van der Waals surface area contributed by atoms with E-state index in [4.69, 9.17) is 5.73 Å². The average molecular weight is 317 g/mol. The standard InChI is InChI=1S/C15H11NO3S2/c1-7-2-3-10-11(4-7)21-13-6-9(15(18)19)8(14(16)17)5-12(13)20-10/h2-6H,1H3,(H2,16,17)(H,18,19). The van der Waals surface area contributed by atoms with Crippen LogP contribution in [0.3, 0.4) is 0 Å². The number of carbonyl (C=O) groups excluding carboxylic acids is 1. The highest BCUT2D eigenvalue weighted by Gasteiger charge is 2.23. The van der Waals surface area contributed by atoms with Crippen molar-refractivity contribution in [1.82, 2.24) is 0 Å². The molecule has 0 aromatic heterocycles. The minimum absolute atomic E-state index is 0.0462. The van der Waals surface area contributed by atoms with Crippen molar-refractivity contribution in [2.75, 3.05) is 0 Å². The van der Waals surface area contributed by atoms with Crippen molar-refractivity contribution in [1.29, 1.82) is 0 Å². The van der Waals surface area contributed by atoms with E-state index < -0.39 is 11.9 Å². The lowest BCUT2D eigenvalue weighted by Crippen LogP contribution is -2.17. The van der Waals surface area contributed by atoms with Crippen molar-refractivity contribution in [3.8, 4) is 0 Å². The van der Waals surface area contributed by atoms with E-state index in [1.165, 1.54) is 29.6 Å². The van der Waals surface area contributed by atoms with Crippen molar-refractivity contribution in [2.24, 2.45) is 5.73 Å². The van der Waals surface area contributed by atoms with E-state index in [-0.39, 0.29) is 11.1 Å². The van der Waals surface area contributed by atoms with Gasteiger partial charge in [-0.1, -0.05) is 29.6 Å². The van der Waals surface area contributed by atoms with Gasteiger partial charge >= 0.3 is 5.97 Å². The summed E-state index contributed by atoms with van der Waals surface area (Å²) in [6.45, 7) is 2.01. The van der Waals surface area contributed by atoms with Crippen LogP contribution in [0.2, 0.25) is 0 Å². The number of carboxylic acids is 1. The summed E-state index contributed by atoms with van der Waals surface area (Å²) in [5.74, 6) is -1.87. The zero-order chi connectivity index (χ0) is 15.1. The Hall–Kier alpha value is -1.92. The number of rotatable bonds is 2. The molecule has 0 unspecified atom stereocenters. The number of primary amides is 1. The predicted octanol–water partition coefficient (Wildman–Crippen LogP) is 3.41. The summed E-state index contributed by atoms with van der Waals surface area (Å²) < 4.78 is 0. The highest BCUT2D eigenvalue weighted by atomic mass is 32.2. The number of aromatic carboxylic acids is 1. The quantitative estimate of drug-likeness (QED) is 0.757. The SMILES string of the molecule is Cc1ccc2c(c1)Sc1cc(C(=O)O)c(C(N)=O)cc1S2. The van der Waals surface area contributed by atoms with Gasteiger partial charge in [-0.15, -0.1) is 0 Å². The van der Waals surface area contributed by atoms with E-state index in [1.807, 2.05) is 19.1 Å². The molecule has 0 radical (unpaired) electrons. The van der Waals surface area contributed by atoms with Gasteiger partial charge in [0.15, 0.2) is 0 Å². The Morgan fingerprint density at radius 3 is 2.14 bits per heavy atom. The molecule has 21 heavy (non-hydrogen) atoms. The van der Waals surface area contributed by atoms with Gasteiger partial charge in [-0.3, -0.25) is 4.79 Å². The number of benzene rings is 2. The van der Waals surface area contributed by atoms with Crippen molar-refractivity contribution in [2.45, 2.75) is 26.5 Å². The molecule has 0 aliphatic carbocycles. The lowest BCUT2D eigenvalue weighted by molar-refractivity contribution is 0.0691. The number of aryl methyl sites for hydroxylation is 1. The molecule has 1 amide bonds. The highest BCUT2D eigenvalue weighted by Crippen LogP contribution is 2.49. The van der Waals surface area contributed by atoms with Crippen LogP contribution in [-0.4, -0.2) is 17.0 Å². The molecule has 4 nitrogen and oxygen atoms in total. The number of nitrogens with two attached hydrogens (primary N) is 1. The Morgan fingerprint density at radius 2 is 1.52 bits per heavy atom. The normalized spacial score (nSPS) is 12.4. The topological polar surface area (TPSA) is 80.4 Å². The molecule has 3 rings (SSSR count). The third-order valence-corrected chi connectivity index (χ3v) is 5.63. The number of carboxylic acid groups (broad SMARTS) is 1.